The lowest BCUT2D eigenvalue weighted by molar-refractivity contribution is 0.494. The van der Waals surface area contributed by atoms with Crippen LogP contribution in [0.15, 0.2) is 4.99 Å². The van der Waals surface area contributed by atoms with Crippen molar-refractivity contribution >= 4 is 17.7 Å². The molecular formula is C12H21N3S. The lowest BCUT2D eigenvalue weighted by atomic mass is 10.4. The zero-order valence-electron chi connectivity index (χ0n) is 10.0. The molecule has 90 valence electrons. The Kier molecular flexibility index (Phi) is 6.91. The highest BCUT2D eigenvalue weighted by Gasteiger charge is 2.14. The minimum absolute atomic E-state index is 0.787. The van der Waals surface area contributed by atoms with Gasteiger partial charge in [0.25, 0.3) is 0 Å². The third-order valence-corrected chi connectivity index (χ3v) is 3.27. The number of terminal acetylenes is 1. The number of guanidine groups is 1. The summed E-state index contributed by atoms with van der Waals surface area (Å²) in [7, 11) is 0. The number of hydrogen-bond donors (Lipinski definition) is 1. The van der Waals surface area contributed by atoms with Crippen molar-refractivity contribution in [1.82, 2.24) is 10.2 Å². The van der Waals surface area contributed by atoms with E-state index in [1.165, 1.54) is 12.8 Å². The summed E-state index contributed by atoms with van der Waals surface area (Å²) < 4.78 is 0. The van der Waals surface area contributed by atoms with Gasteiger partial charge in [0.15, 0.2) is 5.96 Å². The van der Waals surface area contributed by atoms with E-state index in [0.29, 0.717) is 0 Å². The van der Waals surface area contributed by atoms with E-state index in [1.807, 2.05) is 0 Å². The molecular weight excluding hydrogens is 218 g/mol. The van der Waals surface area contributed by atoms with Crippen LogP contribution in [0.3, 0.4) is 0 Å². The lowest BCUT2D eigenvalue weighted by Crippen LogP contribution is -2.39. The molecule has 0 bridgehead atoms. The van der Waals surface area contributed by atoms with Crippen LogP contribution in [0, 0.1) is 12.3 Å². The molecule has 0 spiro atoms. The second-order valence-corrected chi connectivity index (χ2v) is 4.79. The number of rotatable bonds is 5. The number of thioether (sulfide) groups is 1. The minimum atomic E-state index is 0.787. The maximum atomic E-state index is 5.19. The average Bonchev–Trinajstić information content (AvgIpc) is 2.81. The highest BCUT2D eigenvalue weighted by Crippen LogP contribution is 2.07. The first kappa shape index (κ1) is 13.2. The van der Waals surface area contributed by atoms with E-state index < -0.39 is 0 Å². The van der Waals surface area contributed by atoms with E-state index in [-0.39, 0.29) is 0 Å². The Balaban J connectivity index is 2.30. The van der Waals surface area contributed by atoms with Gasteiger partial charge in [-0.2, -0.15) is 0 Å². The fraction of sp³-hybridized carbons (Fsp3) is 0.750. The van der Waals surface area contributed by atoms with Gasteiger partial charge in [0.05, 0.1) is 12.3 Å². The van der Waals surface area contributed by atoms with Gasteiger partial charge in [0, 0.05) is 25.4 Å². The van der Waals surface area contributed by atoms with Crippen LogP contribution in [0.5, 0.6) is 0 Å². The van der Waals surface area contributed by atoms with Crippen LogP contribution in [0.4, 0.5) is 0 Å². The van der Waals surface area contributed by atoms with E-state index in [4.69, 9.17) is 6.42 Å². The summed E-state index contributed by atoms with van der Waals surface area (Å²) in [4.78, 5) is 6.95. The van der Waals surface area contributed by atoms with Gasteiger partial charge < -0.3 is 10.2 Å². The van der Waals surface area contributed by atoms with E-state index >= 15 is 0 Å². The number of likely N-dealkylation sites (tertiary alicyclic amines) is 1. The highest BCUT2D eigenvalue weighted by molar-refractivity contribution is 7.99. The summed E-state index contributed by atoms with van der Waals surface area (Å²) in [5, 5.41) is 3.34. The fourth-order valence-electron chi connectivity index (χ4n) is 1.70. The molecule has 0 aliphatic carbocycles. The molecule has 1 rings (SSSR count). The maximum Gasteiger partial charge on any atom is 0.193 e. The molecule has 1 heterocycles. The number of aliphatic imine (C=N–C) groups is 1. The van der Waals surface area contributed by atoms with Gasteiger partial charge in [0.1, 0.15) is 0 Å². The predicted molar refractivity (Wildman–Crippen MR) is 72.9 cm³/mol. The van der Waals surface area contributed by atoms with Crippen LogP contribution >= 0.6 is 11.8 Å². The highest BCUT2D eigenvalue weighted by atomic mass is 32.2. The second-order valence-electron chi connectivity index (χ2n) is 3.69. The smallest absolute Gasteiger partial charge is 0.193 e. The van der Waals surface area contributed by atoms with Crippen molar-refractivity contribution in [2.75, 3.05) is 37.7 Å². The van der Waals surface area contributed by atoms with Gasteiger partial charge in [-0.15, -0.1) is 18.2 Å². The van der Waals surface area contributed by atoms with Crippen molar-refractivity contribution in [3.05, 3.63) is 0 Å². The number of nitrogens with one attached hydrogen (secondary N) is 1. The van der Waals surface area contributed by atoms with Gasteiger partial charge in [-0.05, 0) is 19.8 Å². The summed E-state index contributed by atoms with van der Waals surface area (Å²) in [5.74, 6) is 5.49. The van der Waals surface area contributed by atoms with Crippen LogP contribution in [-0.4, -0.2) is 48.5 Å². The normalized spacial score (nSPS) is 16.2. The quantitative estimate of drug-likeness (QED) is 0.340. The molecule has 0 aromatic heterocycles. The van der Waals surface area contributed by atoms with Gasteiger partial charge in [0.2, 0.25) is 0 Å². The molecule has 16 heavy (non-hydrogen) atoms. The zero-order valence-corrected chi connectivity index (χ0v) is 10.9. The SMILES string of the molecule is C#CCSCCN=C(NCC)N1CCCC1. The Labute approximate surface area is 103 Å². The number of hydrogen-bond acceptors (Lipinski definition) is 2. The van der Waals surface area contributed by atoms with Crippen LogP contribution in [0.2, 0.25) is 0 Å². The molecule has 0 aromatic rings. The molecule has 0 radical (unpaired) electrons. The molecule has 3 nitrogen and oxygen atoms in total. The third-order valence-electron chi connectivity index (χ3n) is 2.42. The molecule has 4 heteroatoms. The van der Waals surface area contributed by atoms with E-state index in [1.54, 1.807) is 11.8 Å². The maximum absolute atomic E-state index is 5.19. The monoisotopic (exact) mass is 239 g/mol. The topological polar surface area (TPSA) is 27.6 Å². The van der Waals surface area contributed by atoms with Crippen molar-refractivity contribution in [3.63, 3.8) is 0 Å². The van der Waals surface area contributed by atoms with Crippen LogP contribution < -0.4 is 5.32 Å². The third kappa shape index (κ3) is 4.80. The summed E-state index contributed by atoms with van der Waals surface area (Å²) in [6, 6.07) is 0. The Hall–Kier alpha value is -0.820. The zero-order chi connectivity index (χ0) is 11.6. The van der Waals surface area contributed by atoms with Gasteiger partial charge in [-0.25, -0.2) is 0 Å². The van der Waals surface area contributed by atoms with Crippen molar-refractivity contribution < 1.29 is 0 Å². The van der Waals surface area contributed by atoms with Gasteiger partial charge in [-0.1, -0.05) is 5.92 Å². The molecule has 0 aromatic carbocycles. The van der Waals surface area contributed by atoms with Crippen molar-refractivity contribution in [2.24, 2.45) is 4.99 Å². The Bertz CT molecular complexity index is 251. The first-order chi connectivity index (χ1) is 7.88. The van der Waals surface area contributed by atoms with E-state index in [0.717, 1.165) is 43.6 Å². The van der Waals surface area contributed by atoms with Crippen molar-refractivity contribution in [2.45, 2.75) is 19.8 Å². The Morgan fingerprint density at radius 2 is 2.25 bits per heavy atom. The molecule has 1 N–H and O–H groups in total. The fourth-order valence-corrected chi connectivity index (χ4v) is 2.18. The summed E-state index contributed by atoms with van der Waals surface area (Å²) in [5.41, 5.74) is 0. The standard InChI is InChI=1S/C12H21N3S/c1-3-10-16-11-7-14-12(13-4-2)15-8-5-6-9-15/h1H,4-11H2,2H3,(H,13,14). The Morgan fingerprint density at radius 3 is 2.88 bits per heavy atom. The molecule has 0 unspecified atom stereocenters. The molecule has 1 fully saturated rings. The minimum Gasteiger partial charge on any atom is -0.357 e. The first-order valence-electron chi connectivity index (χ1n) is 5.93. The van der Waals surface area contributed by atoms with Crippen LogP contribution in [0.25, 0.3) is 0 Å². The average molecular weight is 239 g/mol. The lowest BCUT2D eigenvalue weighted by Gasteiger charge is -2.20. The van der Waals surface area contributed by atoms with E-state index in [9.17, 15) is 0 Å². The summed E-state index contributed by atoms with van der Waals surface area (Å²) >= 11 is 1.77. The van der Waals surface area contributed by atoms with Crippen LogP contribution in [-0.2, 0) is 0 Å². The van der Waals surface area contributed by atoms with Crippen LogP contribution in [0.1, 0.15) is 19.8 Å². The van der Waals surface area contributed by atoms with Crippen molar-refractivity contribution in [1.29, 1.82) is 0 Å². The summed E-state index contributed by atoms with van der Waals surface area (Å²) in [6.45, 7) is 6.18. The van der Waals surface area contributed by atoms with Crippen molar-refractivity contribution in [3.8, 4) is 12.3 Å². The molecule has 0 amide bonds. The number of nitrogens with zero attached hydrogens (tertiary/aromatic N) is 2. The predicted octanol–water partition coefficient (Wildman–Crippen LogP) is 1.41. The summed E-state index contributed by atoms with van der Waals surface area (Å²) in [6.07, 6.45) is 7.77. The molecule has 1 aliphatic heterocycles. The molecule has 1 aliphatic rings. The Morgan fingerprint density at radius 1 is 1.50 bits per heavy atom. The molecule has 0 saturated carbocycles. The van der Waals surface area contributed by atoms with E-state index in [2.05, 4.69) is 28.1 Å². The van der Waals surface area contributed by atoms with Gasteiger partial charge >= 0.3 is 0 Å². The molecule has 0 atom stereocenters. The van der Waals surface area contributed by atoms with Gasteiger partial charge in [-0.3, -0.25) is 4.99 Å². The first-order valence-corrected chi connectivity index (χ1v) is 7.08. The second kappa shape index (κ2) is 8.35. The molecule has 1 saturated heterocycles. The largest absolute Gasteiger partial charge is 0.357 e.